The molecule has 0 amide bonds. The average molecular weight is 177 g/mol. The standard InChI is InChI=1S/C10H11NO2/c12-8-2-1-7-6-11-4-3-10(13)9(7)5-8/h1-2,5,11-12H,3-4,6H2. The van der Waals surface area contributed by atoms with Gasteiger partial charge in [-0.25, -0.2) is 0 Å². The first-order valence-electron chi connectivity index (χ1n) is 4.33. The Balaban J connectivity index is 2.49. The number of carbonyl (C=O) groups excluding carboxylic acids is 1. The predicted octanol–water partition coefficient (Wildman–Crippen LogP) is 1.07. The van der Waals surface area contributed by atoms with E-state index in [1.54, 1.807) is 18.2 Å². The number of ketones is 1. The van der Waals surface area contributed by atoms with Gasteiger partial charge in [-0.2, -0.15) is 0 Å². The molecule has 0 fully saturated rings. The van der Waals surface area contributed by atoms with Gasteiger partial charge in [0, 0.05) is 25.1 Å². The maximum atomic E-state index is 11.5. The molecule has 68 valence electrons. The van der Waals surface area contributed by atoms with Crippen molar-refractivity contribution in [2.45, 2.75) is 13.0 Å². The van der Waals surface area contributed by atoms with Crippen LogP contribution < -0.4 is 5.32 Å². The third-order valence-electron chi connectivity index (χ3n) is 2.24. The molecular formula is C10H11NO2. The predicted molar refractivity (Wildman–Crippen MR) is 48.8 cm³/mol. The van der Waals surface area contributed by atoms with Gasteiger partial charge in [0.1, 0.15) is 5.75 Å². The summed E-state index contributed by atoms with van der Waals surface area (Å²) in [6.45, 7) is 1.43. The summed E-state index contributed by atoms with van der Waals surface area (Å²) < 4.78 is 0. The Bertz CT molecular complexity index is 347. The summed E-state index contributed by atoms with van der Waals surface area (Å²) in [5.41, 5.74) is 1.63. The fraction of sp³-hybridized carbons (Fsp3) is 0.300. The van der Waals surface area contributed by atoms with E-state index in [9.17, 15) is 9.90 Å². The van der Waals surface area contributed by atoms with Crippen molar-refractivity contribution in [1.29, 1.82) is 0 Å². The molecule has 0 spiro atoms. The molecule has 0 saturated carbocycles. The summed E-state index contributed by atoms with van der Waals surface area (Å²) in [5, 5.41) is 12.4. The second-order valence-corrected chi connectivity index (χ2v) is 3.19. The quantitative estimate of drug-likeness (QED) is 0.623. The number of nitrogens with one attached hydrogen (secondary N) is 1. The highest BCUT2D eigenvalue weighted by atomic mass is 16.3. The summed E-state index contributed by atoms with van der Waals surface area (Å²) >= 11 is 0. The van der Waals surface area contributed by atoms with Gasteiger partial charge >= 0.3 is 0 Å². The maximum Gasteiger partial charge on any atom is 0.164 e. The van der Waals surface area contributed by atoms with Gasteiger partial charge in [-0.05, 0) is 17.7 Å². The summed E-state index contributed by atoms with van der Waals surface area (Å²) in [7, 11) is 0. The monoisotopic (exact) mass is 177 g/mol. The first-order chi connectivity index (χ1) is 6.27. The van der Waals surface area contributed by atoms with Crippen molar-refractivity contribution in [3.05, 3.63) is 29.3 Å². The minimum absolute atomic E-state index is 0.107. The number of benzene rings is 1. The molecule has 3 nitrogen and oxygen atoms in total. The van der Waals surface area contributed by atoms with Crippen LogP contribution in [-0.2, 0) is 6.54 Å². The van der Waals surface area contributed by atoms with E-state index >= 15 is 0 Å². The summed E-state index contributed by atoms with van der Waals surface area (Å²) in [6, 6.07) is 4.95. The molecule has 0 atom stereocenters. The topological polar surface area (TPSA) is 49.3 Å². The molecule has 0 radical (unpaired) electrons. The number of hydrogen-bond acceptors (Lipinski definition) is 3. The summed E-state index contributed by atoms with van der Waals surface area (Å²) in [4.78, 5) is 11.5. The van der Waals surface area contributed by atoms with Crippen molar-refractivity contribution in [3.8, 4) is 5.75 Å². The van der Waals surface area contributed by atoms with Gasteiger partial charge in [0.2, 0.25) is 0 Å². The molecular weight excluding hydrogens is 166 g/mol. The fourth-order valence-electron chi connectivity index (χ4n) is 1.54. The maximum absolute atomic E-state index is 11.5. The van der Waals surface area contributed by atoms with Crippen molar-refractivity contribution < 1.29 is 9.90 Å². The number of fused-ring (bicyclic) bond motifs is 1. The van der Waals surface area contributed by atoms with Crippen molar-refractivity contribution in [2.24, 2.45) is 0 Å². The highest BCUT2D eigenvalue weighted by molar-refractivity contribution is 5.98. The Hall–Kier alpha value is -1.35. The Morgan fingerprint density at radius 3 is 3.08 bits per heavy atom. The molecule has 3 heteroatoms. The van der Waals surface area contributed by atoms with Crippen LogP contribution in [0.3, 0.4) is 0 Å². The minimum atomic E-state index is 0.107. The number of phenolic OH excluding ortho intramolecular Hbond substituents is 1. The number of phenols is 1. The number of rotatable bonds is 0. The third-order valence-corrected chi connectivity index (χ3v) is 2.24. The molecule has 1 heterocycles. The van der Waals surface area contributed by atoms with Crippen molar-refractivity contribution in [1.82, 2.24) is 5.32 Å². The first-order valence-corrected chi connectivity index (χ1v) is 4.33. The SMILES string of the molecule is O=C1CCNCc2ccc(O)cc21. The lowest BCUT2D eigenvalue weighted by atomic mass is 10.0. The lowest BCUT2D eigenvalue weighted by Gasteiger charge is -2.03. The van der Waals surface area contributed by atoms with Gasteiger partial charge in [0.05, 0.1) is 0 Å². The van der Waals surface area contributed by atoms with Crippen LogP contribution in [0.25, 0.3) is 0 Å². The van der Waals surface area contributed by atoms with Gasteiger partial charge in [0.15, 0.2) is 5.78 Å². The smallest absolute Gasteiger partial charge is 0.164 e. The third kappa shape index (κ3) is 1.55. The zero-order chi connectivity index (χ0) is 9.26. The van der Waals surface area contributed by atoms with Gasteiger partial charge in [-0.15, -0.1) is 0 Å². The molecule has 0 saturated heterocycles. The molecule has 0 unspecified atom stereocenters. The molecule has 0 aromatic heterocycles. The number of aromatic hydroxyl groups is 1. The van der Waals surface area contributed by atoms with E-state index in [-0.39, 0.29) is 11.5 Å². The zero-order valence-electron chi connectivity index (χ0n) is 7.21. The van der Waals surface area contributed by atoms with Crippen LogP contribution in [0, 0.1) is 0 Å². The molecule has 2 N–H and O–H groups in total. The number of carbonyl (C=O) groups is 1. The zero-order valence-corrected chi connectivity index (χ0v) is 7.21. The Labute approximate surface area is 76.4 Å². The number of Topliss-reactive ketones (excluding diaryl/α,β-unsaturated/α-hetero) is 1. The molecule has 1 aliphatic heterocycles. The summed E-state index contributed by atoms with van der Waals surface area (Å²) in [5.74, 6) is 0.268. The molecule has 1 aliphatic rings. The molecule has 13 heavy (non-hydrogen) atoms. The Morgan fingerprint density at radius 1 is 1.38 bits per heavy atom. The van der Waals surface area contributed by atoms with E-state index in [2.05, 4.69) is 5.32 Å². The van der Waals surface area contributed by atoms with Crippen LogP contribution in [-0.4, -0.2) is 17.4 Å². The van der Waals surface area contributed by atoms with Crippen molar-refractivity contribution >= 4 is 5.78 Å². The van der Waals surface area contributed by atoms with Gasteiger partial charge in [0.25, 0.3) is 0 Å². The first kappa shape index (κ1) is 8.26. The van der Waals surface area contributed by atoms with Gasteiger partial charge in [-0.1, -0.05) is 6.07 Å². The second kappa shape index (κ2) is 3.18. The average Bonchev–Trinajstić information content (AvgIpc) is 2.29. The van der Waals surface area contributed by atoms with Crippen molar-refractivity contribution in [2.75, 3.05) is 6.54 Å². The Morgan fingerprint density at radius 2 is 2.23 bits per heavy atom. The van der Waals surface area contributed by atoms with E-state index in [0.717, 1.165) is 5.56 Å². The molecule has 0 aliphatic carbocycles. The minimum Gasteiger partial charge on any atom is -0.508 e. The van der Waals surface area contributed by atoms with E-state index in [4.69, 9.17) is 0 Å². The highest BCUT2D eigenvalue weighted by Gasteiger charge is 2.14. The lowest BCUT2D eigenvalue weighted by molar-refractivity contribution is 0.0985. The second-order valence-electron chi connectivity index (χ2n) is 3.19. The van der Waals surface area contributed by atoms with Crippen LogP contribution >= 0.6 is 0 Å². The van der Waals surface area contributed by atoms with Gasteiger partial charge in [-0.3, -0.25) is 4.79 Å². The van der Waals surface area contributed by atoms with Crippen LogP contribution in [0.2, 0.25) is 0 Å². The largest absolute Gasteiger partial charge is 0.508 e. The van der Waals surface area contributed by atoms with Gasteiger partial charge < -0.3 is 10.4 Å². The normalized spacial score (nSPS) is 16.5. The van der Waals surface area contributed by atoms with Crippen molar-refractivity contribution in [3.63, 3.8) is 0 Å². The molecule has 1 aromatic carbocycles. The molecule has 2 rings (SSSR count). The number of hydrogen-bond donors (Lipinski definition) is 2. The molecule has 0 bridgehead atoms. The van der Waals surface area contributed by atoms with E-state index in [1.807, 2.05) is 0 Å². The summed E-state index contributed by atoms with van der Waals surface area (Å²) in [6.07, 6.45) is 0.510. The van der Waals surface area contributed by atoms with E-state index in [1.165, 1.54) is 0 Å². The van der Waals surface area contributed by atoms with Crippen LogP contribution in [0.15, 0.2) is 18.2 Å². The lowest BCUT2D eigenvalue weighted by Crippen LogP contribution is -2.12. The van der Waals surface area contributed by atoms with Crippen LogP contribution in [0.1, 0.15) is 22.3 Å². The van der Waals surface area contributed by atoms with Crippen LogP contribution in [0.4, 0.5) is 0 Å². The molecule has 1 aromatic rings. The van der Waals surface area contributed by atoms with Crippen LogP contribution in [0.5, 0.6) is 5.75 Å². The highest BCUT2D eigenvalue weighted by Crippen LogP contribution is 2.19. The fourth-order valence-corrected chi connectivity index (χ4v) is 1.54. The van der Waals surface area contributed by atoms with E-state index < -0.39 is 0 Å². The van der Waals surface area contributed by atoms with E-state index in [0.29, 0.717) is 25.1 Å². The Kier molecular flexibility index (Phi) is 2.02.